The Morgan fingerprint density at radius 2 is 1.71 bits per heavy atom. The Morgan fingerprint density at radius 3 is 2.38 bits per heavy atom. The van der Waals surface area contributed by atoms with Crippen LogP contribution in [0.15, 0.2) is 42.5 Å². The maximum Gasteiger partial charge on any atom is 0.0873 e. The lowest BCUT2D eigenvalue weighted by atomic mass is 9.89. The summed E-state index contributed by atoms with van der Waals surface area (Å²) in [5, 5.41) is 1.62. The first-order chi connectivity index (χ1) is 11.6. The molecule has 1 saturated carbocycles. The summed E-state index contributed by atoms with van der Waals surface area (Å²) in [6, 6.07) is 11.4. The molecule has 1 fully saturated rings. The quantitative estimate of drug-likeness (QED) is 0.255. The zero-order chi connectivity index (χ0) is 17.3. The van der Waals surface area contributed by atoms with E-state index in [2.05, 4.69) is 62.5 Å². The molecule has 0 bridgehead atoms. The van der Waals surface area contributed by atoms with Crippen LogP contribution in [0.25, 0.3) is 0 Å². The van der Waals surface area contributed by atoms with Crippen molar-refractivity contribution >= 4 is 13.3 Å². The Labute approximate surface area is 151 Å². The Kier molecular flexibility index (Phi) is 8.31. The number of benzene rings is 1. The molecule has 1 aromatic carbocycles. The topological polar surface area (TPSA) is 0 Å². The van der Waals surface area contributed by atoms with Crippen LogP contribution in [0.4, 0.5) is 0 Å². The summed E-state index contributed by atoms with van der Waals surface area (Å²) in [5.74, 6) is 0.859. The van der Waals surface area contributed by atoms with E-state index in [-0.39, 0.29) is 0 Å². The fourth-order valence-corrected chi connectivity index (χ4v) is 7.19. The van der Waals surface area contributed by atoms with Crippen molar-refractivity contribution in [2.24, 2.45) is 5.92 Å². The average molecular weight is 343 g/mol. The Balaban J connectivity index is 2.07. The Hall–Kier alpha value is -0.823. The highest BCUT2D eigenvalue weighted by molar-refractivity contribution is 6.91. The molecule has 0 aromatic heterocycles. The van der Waals surface area contributed by atoms with E-state index in [9.17, 15) is 0 Å². The van der Waals surface area contributed by atoms with Crippen molar-refractivity contribution in [1.82, 2.24) is 0 Å². The Bertz CT molecular complexity index is 468. The summed E-state index contributed by atoms with van der Waals surface area (Å²) >= 11 is 0. The molecule has 0 spiro atoms. The van der Waals surface area contributed by atoms with Crippen LogP contribution in [0.2, 0.25) is 18.6 Å². The lowest BCUT2D eigenvalue weighted by Crippen LogP contribution is -2.45. The van der Waals surface area contributed by atoms with Gasteiger partial charge in [-0.1, -0.05) is 113 Å². The zero-order valence-corrected chi connectivity index (χ0v) is 17.3. The summed E-state index contributed by atoms with van der Waals surface area (Å²) in [6.07, 6.45) is 19.4. The van der Waals surface area contributed by atoms with E-state index in [0.717, 1.165) is 11.5 Å². The SMILES string of the molecule is CCCCCC[C@@H](/C=C/C1CCCCC1)[Si](C)(C)c1ccccc1. The molecule has 2 rings (SSSR count). The van der Waals surface area contributed by atoms with E-state index in [4.69, 9.17) is 0 Å². The smallest absolute Gasteiger partial charge is 0.0873 e. The van der Waals surface area contributed by atoms with Crippen molar-refractivity contribution < 1.29 is 0 Å². The van der Waals surface area contributed by atoms with Crippen molar-refractivity contribution in [3.05, 3.63) is 42.5 Å². The summed E-state index contributed by atoms with van der Waals surface area (Å²) in [7, 11) is -1.44. The molecule has 1 atom stereocenters. The second-order valence-corrected chi connectivity index (χ2v) is 13.1. The third-order valence-corrected chi connectivity index (χ3v) is 10.2. The largest absolute Gasteiger partial charge is 0.0875 e. The molecule has 0 saturated heterocycles. The van der Waals surface area contributed by atoms with Gasteiger partial charge in [0.1, 0.15) is 0 Å². The summed E-state index contributed by atoms with van der Waals surface area (Å²) < 4.78 is 0. The van der Waals surface area contributed by atoms with Gasteiger partial charge in [-0.2, -0.15) is 0 Å². The molecule has 1 heteroatoms. The highest BCUT2D eigenvalue weighted by atomic mass is 28.3. The fourth-order valence-electron chi connectivity index (χ4n) is 4.19. The Morgan fingerprint density at radius 1 is 1.00 bits per heavy atom. The normalized spacial score (nSPS) is 18.1. The second kappa shape index (κ2) is 10.2. The monoisotopic (exact) mass is 342 g/mol. The van der Waals surface area contributed by atoms with Crippen LogP contribution >= 0.6 is 0 Å². The zero-order valence-electron chi connectivity index (χ0n) is 16.3. The van der Waals surface area contributed by atoms with Gasteiger partial charge in [-0.15, -0.1) is 0 Å². The molecular weight excluding hydrogens is 304 g/mol. The molecule has 1 aliphatic rings. The van der Waals surface area contributed by atoms with Crippen LogP contribution in [0.3, 0.4) is 0 Å². The molecule has 0 heterocycles. The van der Waals surface area contributed by atoms with Gasteiger partial charge < -0.3 is 0 Å². The minimum absolute atomic E-state index is 0.790. The summed E-state index contributed by atoms with van der Waals surface area (Å²) in [6.45, 7) is 7.47. The van der Waals surface area contributed by atoms with Gasteiger partial charge in [0.15, 0.2) is 0 Å². The highest BCUT2D eigenvalue weighted by Gasteiger charge is 2.31. The summed E-state index contributed by atoms with van der Waals surface area (Å²) in [4.78, 5) is 0. The molecular formula is C23H38Si. The maximum atomic E-state index is 2.65. The van der Waals surface area contributed by atoms with Crippen molar-refractivity contribution in [2.45, 2.75) is 89.8 Å². The van der Waals surface area contributed by atoms with Gasteiger partial charge in [0, 0.05) is 0 Å². The number of hydrogen-bond donors (Lipinski definition) is 0. The molecule has 0 radical (unpaired) electrons. The van der Waals surface area contributed by atoms with Gasteiger partial charge in [-0.05, 0) is 30.7 Å². The van der Waals surface area contributed by atoms with Crippen LogP contribution in [-0.4, -0.2) is 8.07 Å². The van der Waals surface area contributed by atoms with Crippen molar-refractivity contribution in [1.29, 1.82) is 0 Å². The van der Waals surface area contributed by atoms with Crippen molar-refractivity contribution in [2.75, 3.05) is 0 Å². The molecule has 0 amide bonds. The van der Waals surface area contributed by atoms with Gasteiger partial charge in [-0.3, -0.25) is 0 Å². The number of hydrogen-bond acceptors (Lipinski definition) is 0. The molecule has 1 aliphatic carbocycles. The average Bonchev–Trinajstić information content (AvgIpc) is 2.62. The van der Waals surface area contributed by atoms with Gasteiger partial charge in [0.05, 0.1) is 8.07 Å². The molecule has 0 unspecified atom stereocenters. The minimum Gasteiger partial charge on any atom is -0.0875 e. The lowest BCUT2D eigenvalue weighted by molar-refractivity contribution is 0.418. The molecule has 24 heavy (non-hydrogen) atoms. The van der Waals surface area contributed by atoms with E-state index < -0.39 is 8.07 Å². The first kappa shape index (κ1) is 19.5. The lowest BCUT2D eigenvalue weighted by Gasteiger charge is -2.32. The molecule has 0 N–H and O–H groups in total. The van der Waals surface area contributed by atoms with E-state index in [1.165, 1.54) is 64.2 Å². The fraction of sp³-hybridized carbons (Fsp3) is 0.652. The third kappa shape index (κ3) is 5.92. The van der Waals surface area contributed by atoms with Crippen LogP contribution in [0, 0.1) is 5.92 Å². The molecule has 134 valence electrons. The second-order valence-electron chi connectivity index (χ2n) is 8.33. The number of rotatable bonds is 9. The van der Waals surface area contributed by atoms with Crippen LogP contribution in [-0.2, 0) is 0 Å². The predicted molar refractivity (Wildman–Crippen MR) is 112 cm³/mol. The standard InChI is InChI=1S/C23H38Si/c1-4-5-6-11-18-23(20-19-21-14-9-7-10-15-21)24(2,3)22-16-12-8-13-17-22/h8,12-13,16-17,19-21,23H,4-7,9-11,14-15,18H2,1-3H3/b20-19+/t23-/m0/s1. The van der Waals surface area contributed by atoms with Crippen molar-refractivity contribution in [3.63, 3.8) is 0 Å². The van der Waals surface area contributed by atoms with E-state index in [0.29, 0.717) is 0 Å². The van der Waals surface area contributed by atoms with Gasteiger partial charge >= 0.3 is 0 Å². The number of unbranched alkanes of at least 4 members (excludes halogenated alkanes) is 3. The molecule has 0 nitrogen and oxygen atoms in total. The molecule has 0 aliphatic heterocycles. The van der Waals surface area contributed by atoms with Gasteiger partial charge in [0.25, 0.3) is 0 Å². The van der Waals surface area contributed by atoms with E-state index in [1.54, 1.807) is 5.19 Å². The predicted octanol–water partition coefficient (Wildman–Crippen LogP) is 7.08. The van der Waals surface area contributed by atoms with Gasteiger partial charge in [-0.25, -0.2) is 0 Å². The van der Waals surface area contributed by atoms with Gasteiger partial charge in [0.2, 0.25) is 0 Å². The first-order valence-electron chi connectivity index (χ1n) is 10.4. The summed E-state index contributed by atoms with van der Waals surface area (Å²) in [5.41, 5.74) is 0.790. The maximum absolute atomic E-state index is 2.65. The highest BCUT2D eigenvalue weighted by Crippen LogP contribution is 2.32. The minimum atomic E-state index is -1.44. The molecule has 1 aromatic rings. The third-order valence-electron chi connectivity index (χ3n) is 6.08. The first-order valence-corrected chi connectivity index (χ1v) is 13.5. The van der Waals surface area contributed by atoms with Crippen LogP contribution < -0.4 is 5.19 Å². The van der Waals surface area contributed by atoms with Crippen molar-refractivity contribution in [3.8, 4) is 0 Å². The van der Waals surface area contributed by atoms with Crippen LogP contribution in [0.5, 0.6) is 0 Å². The van der Waals surface area contributed by atoms with E-state index >= 15 is 0 Å². The van der Waals surface area contributed by atoms with E-state index in [1.807, 2.05) is 0 Å². The number of allylic oxidation sites excluding steroid dienone is 2. The van der Waals surface area contributed by atoms with Crippen LogP contribution in [0.1, 0.15) is 71.1 Å².